The fraction of sp³-hybridized carbons (Fsp3) is 0.909. The van der Waals surface area contributed by atoms with Crippen LogP contribution in [0, 0.1) is 10.8 Å². The fourth-order valence-electron chi connectivity index (χ4n) is 2.29. The van der Waals surface area contributed by atoms with Gasteiger partial charge in [-0.1, -0.05) is 40.0 Å². The summed E-state index contributed by atoms with van der Waals surface area (Å²) in [5, 5.41) is 0. The Morgan fingerprint density at radius 3 is 2.15 bits per heavy atom. The maximum atomic E-state index is 11.5. The van der Waals surface area contributed by atoms with Crippen LogP contribution in [0.2, 0.25) is 0 Å². The van der Waals surface area contributed by atoms with E-state index in [9.17, 15) is 4.79 Å². The van der Waals surface area contributed by atoms with Crippen LogP contribution in [-0.2, 0) is 4.79 Å². The molecule has 0 aromatic heterocycles. The average molecular weight is 183 g/mol. The molecular weight excluding hydrogens is 162 g/mol. The predicted octanol–water partition coefficient (Wildman–Crippen LogP) is 2.47. The molecule has 1 rings (SSSR count). The number of amides is 1. The molecule has 1 atom stereocenters. The van der Waals surface area contributed by atoms with Crippen molar-refractivity contribution < 1.29 is 4.79 Å². The van der Waals surface area contributed by atoms with E-state index in [0.29, 0.717) is 0 Å². The molecule has 1 fully saturated rings. The zero-order valence-electron chi connectivity index (χ0n) is 9.02. The van der Waals surface area contributed by atoms with Gasteiger partial charge in [-0.2, -0.15) is 0 Å². The SMILES string of the molecule is CC1(C)CCCCCC1(C)C(N)=O. The summed E-state index contributed by atoms with van der Waals surface area (Å²) in [4.78, 5) is 11.5. The average Bonchev–Trinajstić information content (AvgIpc) is 2.13. The lowest BCUT2D eigenvalue weighted by molar-refractivity contribution is -0.133. The van der Waals surface area contributed by atoms with E-state index >= 15 is 0 Å². The van der Waals surface area contributed by atoms with Crippen LogP contribution < -0.4 is 5.73 Å². The molecule has 0 aromatic carbocycles. The Morgan fingerprint density at radius 1 is 1.08 bits per heavy atom. The van der Waals surface area contributed by atoms with Crippen molar-refractivity contribution in [3.63, 3.8) is 0 Å². The minimum Gasteiger partial charge on any atom is -0.369 e. The van der Waals surface area contributed by atoms with Crippen molar-refractivity contribution >= 4 is 5.91 Å². The van der Waals surface area contributed by atoms with Crippen LogP contribution in [0.1, 0.15) is 52.9 Å². The first kappa shape index (κ1) is 10.6. The van der Waals surface area contributed by atoms with Crippen LogP contribution in [0.4, 0.5) is 0 Å². The Labute approximate surface area is 80.9 Å². The Bertz CT molecular complexity index is 210. The molecule has 0 heterocycles. The van der Waals surface area contributed by atoms with Crippen molar-refractivity contribution in [1.82, 2.24) is 0 Å². The van der Waals surface area contributed by atoms with Crippen molar-refractivity contribution in [3.8, 4) is 0 Å². The molecule has 0 aromatic rings. The number of carbonyl (C=O) groups is 1. The molecule has 1 aliphatic carbocycles. The van der Waals surface area contributed by atoms with Gasteiger partial charge in [-0.3, -0.25) is 4.79 Å². The molecule has 1 unspecified atom stereocenters. The highest BCUT2D eigenvalue weighted by Gasteiger charge is 2.45. The molecule has 1 amide bonds. The minimum absolute atomic E-state index is 0.0648. The van der Waals surface area contributed by atoms with Crippen molar-refractivity contribution in [2.75, 3.05) is 0 Å². The molecule has 0 aliphatic heterocycles. The Hall–Kier alpha value is -0.530. The van der Waals surface area contributed by atoms with Crippen LogP contribution in [0.25, 0.3) is 0 Å². The number of carbonyl (C=O) groups excluding carboxylic acids is 1. The maximum Gasteiger partial charge on any atom is 0.223 e. The third-order valence-corrected chi connectivity index (χ3v) is 4.02. The van der Waals surface area contributed by atoms with Gasteiger partial charge in [0.25, 0.3) is 0 Å². The zero-order chi connectivity index (χ0) is 10.1. The van der Waals surface area contributed by atoms with E-state index in [0.717, 1.165) is 19.3 Å². The molecule has 2 heteroatoms. The molecule has 2 nitrogen and oxygen atoms in total. The van der Waals surface area contributed by atoms with Gasteiger partial charge in [0.15, 0.2) is 0 Å². The number of hydrogen-bond acceptors (Lipinski definition) is 1. The van der Waals surface area contributed by atoms with Gasteiger partial charge in [0.05, 0.1) is 5.41 Å². The van der Waals surface area contributed by atoms with Gasteiger partial charge in [-0.05, 0) is 18.3 Å². The van der Waals surface area contributed by atoms with E-state index in [1.54, 1.807) is 0 Å². The van der Waals surface area contributed by atoms with Crippen molar-refractivity contribution in [2.24, 2.45) is 16.6 Å². The summed E-state index contributed by atoms with van der Waals surface area (Å²) in [6, 6.07) is 0. The standard InChI is InChI=1S/C11H21NO/c1-10(2)7-5-4-6-8-11(10,3)9(12)13/h4-8H2,1-3H3,(H2,12,13). The van der Waals surface area contributed by atoms with Gasteiger partial charge in [0.1, 0.15) is 0 Å². The zero-order valence-corrected chi connectivity index (χ0v) is 9.02. The van der Waals surface area contributed by atoms with E-state index in [-0.39, 0.29) is 16.7 Å². The smallest absolute Gasteiger partial charge is 0.223 e. The monoisotopic (exact) mass is 183 g/mol. The molecule has 13 heavy (non-hydrogen) atoms. The molecule has 1 aliphatic rings. The van der Waals surface area contributed by atoms with E-state index in [1.807, 2.05) is 6.92 Å². The first-order valence-corrected chi connectivity index (χ1v) is 5.20. The molecular formula is C11H21NO. The quantitative estimate of drug-likeness (QED) is 0.623. The first-order chi connectivity index (χ1) is 5.90. The van der Waals surface area contributed by atoms with E-state index in [1.165, 1.54) is 12.8 Å². The summed E-state index contributed by atoms with van der Waals surface area (Å²) >= 11 is 0. The summed E-state index contributed by atoms with van der Waals surface area (Å²) in [5.74, 6) is -0.126. The fourth-order valence-corrected chi connectivity index (χ4v) is 2.29. The number of nitrogens with two attached hydrogens (primary N) is 1. The van der Waals surface area contributed by atoms with Crippen LogP contribution in [0.3, 0.4) is 0 Å². The predicted molar refractivity (Wildman–Crippen MR) is 54.2 cm³/mol. The van der Waals surface area contributed by atoms with Gasteiger partial charge in [0, 0.05) is 0 Å². The summed E-state index contributed by atoms with van der Waals surface area (Å²) in [7, 11) is 0. The van der Waals surface area contributed by atoms with Gasteiger partial charge in [0.2, 0.25) is 5.91 Å². The highest BCUT2D eigenvalue weighted by molar-refractivity contribution is 5.81. The summed E-state index contributed by atoms with van der Waals surface area (Å²) < 4.78 is 0. The Kier molecular flexibility index (Phi) is 2.69. The van der Waals surface area contributed by atoms with Crippen LogP contribution >= 0.6 is 0 Å². The van der Waals surface area contributed by atoms with E-state index in [2.05, 4.69) is 13.8 Å². The van der Waals surface area contributed by atoms with Gasteiger partial charge < -0.3 is 5.73 Å². The van der Waals surface area contributed by atoms with Gasteiger partial charge >= 0.3 is 0 Å². The van der Waals surface area contributed by atoms with Crippen LogP contribution in [0.5, 0.6) is 0 Å². The maximum absolute atomic E-state index is 11.5. The third kappa shape index (κ3) is 1.72. The minimum atomic E-state index is -0.302. The third-order valence-electron chi connectivity index (χ3n) is 4.02. The number of hydrogen-bond donors (Lipinski definition) is 1. The lowest BCUT2D eigenvalue weighted by Gasteiger charge is -2.40. The summed E-state index contributed by atoms with van der Waals surface area (Å²) in [6.07, 6.45) is 5.69. The van der Waals surface area contributed by atoms with E-state index < -0.39 is 0 Å². The number of rotatable bonds is 1. The Balaban J connectivity index is 2.95. The molecule has 0 saturated heterocycles. The second-order valence-electron chi connectivity index (χ2n) is 5.14. The molecule has 0 radical (unpaired) electrons. The Morgan fingerprint density at radius 2 is 1.62 bits per heavy atom. The molecule has 1 saturated carbocycles. The highest BCUT2D eigenvalue weighted by atomic mass is 16.1. The van der Waals surface area contributed by atoms with Crippen molar-refractivity contribution in [1.29, 1.82) is 0 Å². The number of primary amides is 1. The van der Waals surface area contributed by atoms with Crippen molar-refractivity contribution in [3.05, 3.63) is 0 Å². The summed E-state index contributed by atoms with van der Waals surface area (Å²) in [5.41, 5.74) is 5.27. The van der Waals surface area contributed by atoms with Crippen molar-refractivity contribution in [2.45, 2.75) is 52.9 Å². The topological polar surface area (TPSA) is 43.1 Å². The lowest BCUT2D eigenvalue weighted by Crippen LogP contribution is -2.45. The van der Waals surface area contributed by atoms with Crippen LogP contribution in [-0.4, -0.2) is 5.91 Å². The summed E-state index contributed by atoms with van der Waals surface area (Å²) in [6.45, 7) is 6.37. The lowest BCUT2D eigenvalue weighted by atomic mass is 9.63. The molecule has 2 N–H and O–H groups in total. The highest BCUT2D eigenvalue weighted by Crippen LogP contribution is 2.48. The second kappa shape index (κ2) is 3.32. The normalized spacial score (nSPS) is 33.8. The van der Waals surface area contributed by atoms with Gasteiger partial charge in [-0.15, -0.1) is 0 Å². The molecule has 0 bridgehead atoms. The van der Waals surface area contributed by atoms with Crippen LogP contribution in [0.15, 0.2) is 0 Å². The molecule has 0 spiro atoms. The van der Waals surface area contributed by atoms with E-state index in [4.69, 9.17) is 5.73 Å². The largest absolute Gasteiger partial charge is 0.369 e. The molecule has 76 valence electrons. The second-order valence-corrected chi connectivity index (χ2v) is 5.14. The first-order valence-electron chi connectivity index (χ1n) is 5.20. The van der Waals surface area contributed by atoms with Gasteiger partial charge in [-0.25, -0.2) is 0 Å².